The lowest BCUT2D eigenvalue weighted by atomic mass is 10.1. The molecule has 1 aliphatic heterocycles. The summed E-state index contributed by atoms with van der Waals surface area (Å²) in [7, 11) is 0. The van der Waals surface area contributed by atoms with Crippen molar-refractivity contribution in [3.05, 3.63) is 65.7 Å². The number of benzene rings is 2. The van der Waals surface area contributed by atoms with Gasteiger partial charge in [-0.1, -0.05) is 48.5 Å². The second-order valence-corrected chi connectivity index (χ2v) is 5.88. The van der Waals surface area contributed by atoms with E-state index in [1.165, 1.54) is 0 Å². The largest absolute Gasteiger partial charge is 0.480 e. The molecule has 2 aromatic carbocycles. The van der Waals surface area contributed by atoms with Crippen LogP contribution in [0.25, 0.3) is 0 Å². The fourth-order valence-electron chi connectivity index (χ4n) is 2.84. The zero-order valence-electron chi connectivity index (χ0n) is 13.4. The molecule has 0 spiro atoms. The van der Waals surface area contributed by atoms with E-state index in [0.717, 1.165) is 16.9 Å². The molecule has 0 aromatic heterocycles. The zero-order valence-corrected chi connectivity index (χ0v) is 13.4. The quantitative estimate of drug-likeness (QED) is 0.882. The number of rotatable bonds is 6. The van der Waals surface area contributed by atoms with Gasteiger partial charge in [-0.05, 0) is 17.2 Å². The lowest BCUT2D eigenvalue weighted by Crippen LogP contribution is -2.42. The highest BCUT2D eigenvalue weighted by molar-refractivity contribution is 5.83. The first kappa shape index (κ1) is 16.1. The average molecular weight is 324 g/mol. The minimum atomic E-state index is -0.543. The number of amides is 2. The van der Waals surface area contributed by atoms with Crippen molar-refractivity contribution in [1.29, 1.82) is 0 Å². The van der Waals surface area contributed by atoms with E-state index >= 15 is 0 Å². The van der Waals surface area contributed by atoms with Gasteiger partial charge in [0.25, 0.3) is 5.91 Å². The summed E-state index contributed by atoms with van der Waals surface area (Å²) in [4.78, 5) is 25.7. The topological polar surface area (TPSA) is 72.6 Å². The van der Waals surface area contributed by atoms with E-state index in [-0.39, 0.29) is 12.3 Å². The number of nitrogens with two attached hydrogens (primary N) is 1. The molecule has 1 unspecified atom stereocenters. The van der Waals surface area contributed by atoms with E-state index in [1.807, 2.05) is 54.6 Å². The first-order valence-corrected chi connectivity index (χ1v) is 7.99. The van der Waals surface area contributed by atoms with E-state index in [2.05, 4.69) is 0 Å². The molecule has 124 valence electrons. The van der Waals surface area contributed by atoms with Gasteiger partial charge in [0.15, 0.2) is 6.10 Å². The molecular weight excluding hydrogens is 304 g/mol. The monoisotopic (exact) mass is 324 g/mol. The van der Waals surface area contributed by atoms with Crippen LogP contribution < -0.4 is 10.5 Å². The molecular formula is C19H20N2O3. The molecule has 1 aliphatic rings. The Bertz CT molecular complexity index is 705. The van der Waals surface area contributed by atoms with Crippen molar-refractivity contribution in [2.45, 2.75) is 25.5 Å². The smallest absolute Gasteiger partial charge is 0.264 e. The van der Waals surface area contributed by atoms with Crippen LogP contribution in [0.1, 0.15) is 17.5 Å². The fourth-order valence-corrected chi connectivity index (χ4v) is 2.84. The van der Waals surface area contributed by atoms with Crippen molar-refractivity contribution in [2.75, 3.05) is 6.54 Å². The van der Waals surface area contributed by atoms with E-state index in [9.17, 15) is 9.59 Å². The van der Waals surface area contributed by atoms with Crippen LogP contribution >= 0.6 is 0 Å². The zero-order chi connectivity index (χ0) is 16.9. The number of carbonyl (C=O) groups is 2. The van der Waals surface area contributed by atoms with Crippen molar-refractivity contribution in [1.82, 2.24) is 4.90 Å². The van der Waals surface area contributed by atoms with Crippen LogP contribution in [0.4, 0.5) is 0 Å². The number of fused-ring (bicyclic) bond motifs is 1. The molecule has 3 rings (SSSR count). The minimum Gasteiger partial charge on any atom is -0.480 e. The number of hydrogen-bond donors (Lipinski definition) is 1. The molecule has 0 saturated carbocycles. The summed E-state index contributed by atoms with van der Waals surface area (Å²) >= 11 is 0. The van der Waals surface area contributed by atoms with Gasteiger partial charge in [-0.15, -0.1) is 0 Å². The highest BCUT2D eigenvalue weighted by Gasteiger charge is 2.32. The predicted octanol–water partition coefficient (Wildman–Crippen LogP) is 1.89. The van der Waals surface area contributed by atoms with Gasteiger partial charge >= 0.3 is 0 Å². The van der Waals surface area contributed by atoms with Crippen molar-refractivity contribution in [3.8, 4) is 5.75 Å². The van der Waals surface area contributed by atoms with Crippen molar-refractivity contribution in [2.24, 2.45) is 5.73 Å². The maximum atomic E-state index is 12.9. The molecule has 2 N–H and O–H groups in total. The maximum absolute atomic E-state index is 12.9. The SMILES string of the molecule is NC(=O)CCN(Cc1ccccc1)C(=O)C1Cc2ccccc2O1. The normalized spacial score (nSPS) is 15.4. The van der Waals surface area contributed by atoms with Crippen LogP contribution in [0.15, 0.2) is 54.6 Å². The fraction of sp³-hybridized carbons (Fsp3) is 0.263. The third kappa shape index (κ3) is 3.74. The third-order valence-corrected chi connectivity index (χ3v) is 4.08. The van der Waals surface area contributed by atoms with Gasteiger partial charge in [0.2, 0.25) is 5.91 Å². The molecule has 0 bridgehead atoms. The van der Waals surface area contributed by atoms with Crippen LogP contribution in [-0.4, -0.2) is 29.4 Å². The van der Waals surface area contributed by atoms with Gasteiger partial charge in [0, 0.05) is 25.9 Å². The molecule has 0 aliphatic carbocycles. The summed E-state index contributed by atoms with van der Waals surface area (Å²) in [5.74, 6) is 0.221. The van der Waals surface area contributed by atoms with Crippen LogP contribution in [0.3, 0.4) is 0 Å². The van der Waals surface area contributed by atoms with Crippen LogP contribution in [0.5, 0.6) is 5.75 Å². The van der Waals surface area contributed by atoms with Crippen LogP contribution in [-0.2, 0) is 22.6 Å². The Morgan fingerprint density at radius 3 is 2.50 bits per heavy atom. The number of carbonyl (C=O) groups excluding carboxylic acids is 2. The Morgan fingerprint density at radius 2 is 1.79 bits per heavy atom. The third-order valence-electron chi connectivity index (χ3n) is 4.08. The van der Waals surface area contributed by atoms with E-state index in [4.69, 9.17) is 10.5 Å². The Kier molecular flexibility index (Phi) is 4.79. The number of hydrogen-bond acceptors (Lipinski definition) is 3. The summed E-state index contributed by atoms with van der Waals surface area (Å²) < 4.78 is 5.79. The highest BCUT2D eigenvalue weighted by atomic mass is 16.5. The Morgan fingerprint density at radius 1 is 1.08 bits per heavy atom. The second kappa shape index (κ2) is 7.17. The summed E-state index contributed by atoms with van der Waals surface area (Å²) in [5.41, 5.74) is 7.29. The van der Waals surface area contributed by atoms with Crippen LogP contribution in [0.2, 0.25) is 0 Å². The number of para-hydroxylation sites is 1. The van der Waals surface area contributed by atoms with Crippen molar-refractivity contribution in [3.63, 3.8) is 0 Å². The molecule has 2 aromatic rings. The summed E-state index contributed by atoms with van der Waals surface area (Å²) in [6.45, 7) is 0.725. The molecule has 5 nitrogen and oxygen atoms in total. The number of primary amides is 1. The van der Waals surface area contributed by atoms with Crippen molar-refractivity contribution >= 4 is 11.8 Å². The van der Waals surface area contributed by atoms with E-state index in [0.29, 0.717) is 19.5 Å². The molecule has 0 fully saturated rings. The first-order chi connectivity index (χ1) is 11.6. The van der Waals surface area contributed by atoms with Crippen LogP contribution in [0, 0.1) is 0 Å². The standard InChI is InChI=1S/C19H20N2O3/c20-18(22)10-11-21(13-14-6-2-1-3-7-14)19(23)17-12-15-8-4-5-9-16(15)24-17/h1-9,17H,10-13H2,(H2,20,22). The molecule has 0 saturated heterocycles. The first-order valence-electron chi connectivity index (χ1n) is 7.99. The Balaban J connectivity index is 1.72. The average Bonchev–Trinajstić information content (AvgIpc) is 3.03. The Labute approximate surface area is 141 Å². The van der Waals surface area contributed by atoms with E-state index < -0.39 is 12.0 Å². The number of ether oxygens (including phenoxy) is 1. The van der Waals surface area contributed by atoms with Gasteiger partial charge < -0.3 is 15.4 Å². The number of nitrogens with zero attached hydrogens (tertiary/aromatic N) is 1. The van der Waals surface area contributed by atoms with Crippen molar-refractivity contribution < 1.29 is 14.3 Å². The lowest BCUT2D eigenvalue weighted by molar-refractivity contribution is -0.139. The molecule has 5 heteroatoms. The maximum Gasteiger partial charge on any atom is 0.264 e. The summed E-state index contributed by atoms with van der Waals surface area (Å²) in [6.07, 6.45) is 0.147. The van der Waals surface area contributed by atoms with Gasteiger partial charge in [0.1, 0.15) is 5.75 Å². The molecule has 2 amide bonds. The van der Waals surface area contributed by atoms with E-state index in [1.54, 1.807) is 4.90 Å². The highest BCUT2D eigenvalue weighted by Crippen LogP contribution is 2.29. The summed E-state index contributed by atoms with van der Waals surface area (Å²) in [6, 6.07) is 17.3. The second-order valence-electron chi connectivity index (χ2n) is 5.88. The lowest BCUT2D eigenvalue weighted by Gasteiger charge is -2.25. The minimum absolute atomic E-state index is 0.115. The Hall–Kier alpha value is -2.82. The van der Waals surface area contributed by atoms with Gasteiger partial charge in [-0.25, -0.2) is 0 Å². The molecule has 1 heterocycles. The molecule has 1 atom stereocenters. The van der Waals surface area contributed by atoms with Gasteiger partial charge in [-0.2, -0.15) is 0 Å². The summed E-state index contributed by atoms with van der Waals surface area (Å²) in [5, 5.41) is 0. The molecule has 24 heavy (non-hydrogen) atoms. The van der Waals surface area contributed by atoms with Gasteiger partial charge in [-0.3, -0.25) is 9.59 Å². The predicted molar refractivity (Wildman–Crippen MR) is 90.2 cm³/mol. The molecule has 0 radical (unpaired) electrons. The van der Waals surface area contributed by atoms with Gasteiger partial charge in [0.05, 0.1) is 0 Å².